The molecule has 3 aromatic rings. The molecular formula is C22H27N7O2. The maximum atomic E-state index is 12.4. The minimum Gasteiger partial charge on any atom is -0.354 e. The Kier molecular flexibility index (Phi) is 6.51. The molecule has 162 valence electrons. The Labute approximate surface area is 180 Å². The molecular weight excluding hydrogens is 394 g/mol. The number of nitrogens with zero attached hydrogens (tertiary/aromatic N) is 6. The monoisotopic (exact) mass is 421 g/mol. The van der Waals surface area contributed by atoms with E-state index in [0.29, 0.717) is 17.4 Å². The third-order valence-electron chi connectivity index (χ3n) is 5.62. The van der Waals surface area contributed by atoms with Gasteiger partial charge in [-0.2, -0.15) is 0 Å². The molecule has 31 heavy (non-hydrogen) atoms. The molecule has 0 saturated carbocycles. The maximum Gasteiger partial charge on any atom is 0.277 e. The molecule has 4 rings (SSSR count). The number of carbonyl (C=O) groups excluding carboxylic acids is 1. The zero-order chi connectivity index (χ0) is 21.6. The topological polar surface area (TPSA) is 96.2 Å². The summed E-state index contributed by atoms with van der Waals surface area (Å²) in [5.74, 6) is 0.821. The zero-order valence-electron chi connectivity index (χ0n) is 17.7. The Morgan fingerprint density at radius 3 is 2.65 bits per heavy atom. The van der Waals surface area contributed by atoms with E-state index >= 15 is 0 Å². The van der Waals surface area contributed by atoms with E-state index in [1.807, 2.05) is 18.2 Å². The Morgan fingerprint density at radius 2 is 1.90 bits per heavy atom. The fourth-order valence-electron chi connectivity index (χ4n) is 3.67. The molecule has 9 nitrogen and oxygen atoms in total. The number of amides is 1. The van der Waals surface area contributed by atoms with Crippen LogP contribution in [0.4, 0.5) is 5.82 Å². The van der Waals surface area contributed by atoms with E-state index in [1.165, 1.54) is 4.68 Å². The second-order valence-corrected chi connectivity index (χ2v) is 7.61. The van der Waals surface area contributed by atoms with Crippen molar-refractivity contribution in [2.45, 2.75) is 26.4 Å². The highest BCUT2D eigenvalue weighted by Gasteiger charge is 2.16. The average Bonchev–Trinajstić information content (AvgIpc) is 2.83. The van der Waals surface area contributed by atoms with Gasteiger partial charge in [0.2, 0.25) is 5.91 Å². The van der Waals surface area contributed by atoms with Gasteiger partial charge in [0.05, 0.1) is 11.9 Å². The van der Waals surface area contributed by atoms with Crippen LogP contribution in [-0.4, -0.2) is 63.5 Å². The average molecular weight is 422 g/mol. The van der Waals surface area contributed by atoms with Gasteiger partial charge in [0.1, 0.15) is 11.3 Å². The number of hydrogen-bond donors (Lipinski definition) is 1. The fraction of sp³-hybridized carbons (Fsp3) is 0.409. The first-order chi connectivity index (χ1) is 15.1. The van der Waals surface area contributed by atoms with Gasteiger partial charge < -0.3 is 15.1 Å². The van der Waals surface area contributed by atoms with Crippen molar-refractivity contribution >= 4 is 22.6 Å². The zero-order valence-corrected chi connectivity index (χ0v) is 17.7. The van der Waals surface area contributed by atoms with Crippen LogP contribution in [0, 0.1) is 0 Å². The molecule has 0 aliphatic carbocycles. The normalized spacial score (nSPS) is 14.7. The summed E-state index contributed by atoms with van der Waals surface area (Å²) in [5.41, 5.74) is 1.25. The number of nitrogens with one attached hydrogen (secondary N) is 1. The minimum absolute atomic E-state index is 0.151. The van der Waals surface area contributed by atoms with Gasteiger partial charge in [0.15, 0.2) is 0 Å². The summed E-state index contributed by atoms with van der Waals surface area (Å²) in [6, 6.07) is 11.0. The Bertz CT molecular complexity index is 1090. The van der Waals surface area contributed by atoms with Crippen LogP contribution < -0.4 is 15.8 Å². The van der Waals surface area contributed by atoms with Gasteiger partial charge in [-0.3, -0.25) is 9.59 Å². The highest BCUT2D eigenvalue weighted by Crippen LogP contribution is 2.14. The first-order valence-electron chi connectivity index (χ1n) is 10.7. The molecule has 0 spiro atoms. The second kappa shape index (κ2) is 9.65. The predicted octanol–water partition coefficient (Wildman–Crippen LogP) is 1.03. The second-order valence-electron chi connectivity index (χ2n) is 7.61. The van der Waals surface area contributed by atoms with Crippen molar-refractivity contribution in [3.63, 3.8) is 0 Å². The van der Waals surface area contributed by atoms with E-state index in [4.69, 9.17) is 0 Å². The van der Waals surface area contributed by atoms with E-state index in [-0.39, 0.29) is 24.4 Å². The molecule has 9 heteroatoms. The standard InChI is InChI=1S/C22H27N7O2/c1-2-27-11-13-28(14-12-27)20-8-7-17(15-23-20)16-24-21(30)9-10-29-22(31)18-5-3-4-6-19(18)25-26-29/h3-8,15H,2,9-14,16H2,1H3,(H,24,30). The van der Waals surface area contributed by atoms with Crippen molar-refractivity contribution in [1.29, 1.82) is 0 Å². The van der Waals surface area contributed by atoms with E-state index in [1.54, 1.807) is 24.4 Å². The number of aryl methyl sites for hydroxylation is 1. The van der Waals surface area contributed by atoms with Crippen molar-refractivity contribution in [3.05, 3.63) is 58.5 Å². The molecule has 3 heterocycles. The number of benzene rings is 1. The minimum atomic E-state index is -0.238. The molecule has 0 unspecified atom stereocenters. The van der Waals surface area contributed by atoms with Gasteiger partial charge in [0, 0.05) is 45.3 Å². The van der Waals surface area contributed by atoms with Crippen LogP contribution in [0.5, 0.6) is 0 Å². The van der Waals surface area contributed by atoms with Crippen LogP contribution >= 0.6 is 0 Å². The van der Waals surface area contributed by atoms with E-state index in [2.05, 4.69) is 37.3 Å². The van der Waals surface area contributed by atoms with Crippen LogP contribution in [0.1, 0.15) is 18.9 Å². The quantitative estimate of drug-likeness (QED) is 0.609. The third kappa shape index (κ3) is 5.05. The van der Waals surface area contributed by atoms with Crippen molar-refractivity contribution in [1.82, 2.24) is 30.2 Å². The summed E-state index contributed by atoms with van der Waals surface area (Å²) in [7, 11) is 0. The first kappa shape index (κ1) is 20.9. The van der Waals surface area contributed by atoms with E-state index in [9.17, 15) is 9.59 Å². The lowest BCUT2D eigenvalue weighted by Crippen LogP contribution is -2.46. The number of likely N-dealkylation sites (N-methyl/N-ethyl adjacent to an activating group) is 1. The van der Waals surface area contributed by atoms with Gasteiger partial charge in [-0.1, -0.05) is 30.3 Å². The molecule has 1 amide bonds. The van der Waals surface area contributed by atoms with Gasteiger partial charge in [-0.05, 0) is 30.3 Å². The highest BCUT2D eigenvalue weighted by atomic mass is 16.2. The number of pyridine rings is 1. The van der Waals surface area contributed by atoms with Crippen molar-refractivity contribution in [2.75, 3.05) is 37.6 Å². The van der Waals surface area contributed by atoms with E-state index < -0.39 is 0 Å². The number of aromatic nitrogens is 4. The number of anilines is 1. The van der Waals surface area contributed by atoms with Crippen LogP contribution in [0.3, 0.4) is 0 Å². The van der Waals surface area contributed by atoms with Crippen molar-refractivity contribution < 1.29 is 4.79 Å². The summed E-state index contributed by atoms with van der Waals surface area (Å²) in [6.45, 7) is 7.92. The van der Waals surface area contributed by atoms with Gasteiger partial charge in [-0.15, -0.1) is 5.10 Å². The number of hydrogen-bond acceptors (Lipinski definition) is 7. The molecule has 1 N–H and O–H groups in total. The van der Waals surface area contributed by atoms with Crippen LogP contribution in [0.25, 0.3) is 10.9 Å². The lowest BCUT2D eigenvalue weighted by molar-refractivity contribution is -0.121. The highest BCUT2D eigenvalue weighted by molar-refractivity contribution is 5.77. The number of rotatable bonds is 7. The number of fused-ring (bicyclic) bond motifs is 1. The van der Waals surface area contributed by atoms with Gasteiger partial charge >= 0.3 is 0 Å². The van der Waals surface area contributed by atoms with Gasteiger partial charge in [0.25, 0.3) is 5.56 Å². The smallest absolute Gasteiger partial charge is 0.277 e. The van der Waals surface area contributed by atoms with Crippen LogP contribution in [0.15, 0.2) is 47.4 Å². The number of piperazine rings is 1. The molecule has 1 aromatic carbocycles. The first-order valence-corrected chi connectivity index (χ1v) is 10.7. The summed E-state index contributed by atoms with van der Waals surface area (Å²) in [4.78, 5) is 33.9. The number of carbonyl (C=O) groups is 1. The molecule has 1 aliphatic rings. The largest absolute Gasteiger partial charge is 0.354 e. The summed E-state index contributed by atoms with van der Waals surface area (Å²) < 4.78 is 1.23. The molecule has 1 saturated heterocycles. The summed E-state index contributed by atoms with van der Waals surface area (Å²) in [6.07, 6.45) is 1.96. The molecule has 0 atom stereocenters. The Morgan fingerprint density at radius 1 is 1.10 bits per heavy atom. The lowest BCUT2D eigenvalue weighted by Gasteiger charge is -2.34. The van der Waals surface area contributed by atoms with Gasteiger partial charge in [-0.25, -0.2) is 9.67 Å². The Balaban J connectivity index is 1.26. The predicted molar refractivity (Wildman–Crippen MR) is 119 cm³/mol. The summed E-state index contributed by atoms with van der Waals surface area (Å²) >= 11 is 0. The van der Waals surface area contributed by atoms with Crippen molar-refractivity contribution in [3.8, 4) is 0 Å². The van der Waals surface area contributed by atoms with Crippen LogP contribution in [0.2, 0.25) is 0 Å². The molecule has 1 aliphatic heterocycles. The fourth-order valence-corrected chi connectivity index (χ4v) is 3.67. The lowest BCUT2D eigenvalue weighted by atomic mass is 10.2. The SMILES string of the molecule is CCN1CCN(c2ccc(CNC(=O)CCn3nnc4ccccc4c3=O)cn2)CC1. The summed E-state index contributed by atoms with van der Waals surface area (Å²) in [5, 5.41) is 11.3. The molecule has 0 radical (unpaired) electrons. The molecule has 1 fully saturated rings. The third-order valence-corrected chi connectivity index (χ3v) is 5.62. The maximum absolute atomic E-state index is 12.4. The molecule has 0 bridgehead atoms. The molecule has 2 aromatic heterocycles. The van der Waals surface area contributed by atoms with Crippen molar-refractivity contribution in [2.24, 2.45) is 0 Å². The van der Waals surface area contributed by atoms with Crippen LogP contribution in [-0.2, 0) is 17.9 Å². The van der Waals surface area contributed by atoms with E-state index in [0.717, 1.165) is 44.1 Å². The Hall–Kier alpha value is -3.33.